The molecule has 0 atom stereocenters. The minimum absolute atomic E-state index is 0.0684. The number of halogens is 2. The standard InChI is InChI=1S/C32H31Cl2NO6/c33-25-13-16-29(28(34)19-25)41-18-2-1-17-40-26-14-10-22(11-15-26)9-12-23-5-3-7-27-24(6-4-8-30(36)37)20-35(32(23)27)21-31(38)39/h3,5,7,9-16,19-20H,1-2,4,6,8,17-18,21H2,(H,36,37)(H,38,39)/b12-9+. The molecule has 0 radical (unpaired) electrons. The van der Waals surface area contributed by atoms with E-state index in [2.05, 4.69) is 0 Å². The minimum Gasteiger partial charge on any atom is -0.494 e. The molecule has 0 unspecified atom stereocenters. The average Bonchev–Trinajstić information content (AvgIpc) is 3.28. The number of unbranched alkanes of at least 4 members (excludes halogenated alkanes) is 1. The number of aryl methyl sites for hydroxylation is 1. The molecule has 0 saturated heterocycles. The van der Waals surface area contributed by atoms with E-state index >= 15 is 0 Å². The largest absolute Gasteiger partial charge is 0.494 e. The molecule has 0 bridgehead atoms. The maximum Gasteiger partial charge on any atom is 0.323 e. The Labute approximate surface area is 248 Å². The van der Waals surface area contributed by atoms with Gasteiger partial charge in [-0.05, 0) is 72.7 Å². The molecule has 1 heterocycles. The molecule has 1 aromatic heterocycles. The van der Waals surface area contributed by atoms with Gasteiger partial charge in [-0.25, -0.2) is 0 Å². The van der Waals surface area contributed by atoms with Gasteiger partial charge in [0.2, 0.25) is 0 Å². The van der Waals surface area contributed by atoms with Gasteiger partial charge in [0.15, 0.2) is 0 Å². The van der Waals surface area contributed by atoms with Crippen molar-refractivity contribution < 1.29 is 29.3 Å². The van der Waals surface area contributed by atoms with Crippen LogP contribution >= 0.6 is 23.2 Å². The number of aromatic nitrogens is 1. The van der Waals surface area contributed by atoms with Crippen LogP contribution in [0.2, 0.25) is 10.0 Å². The van der Waals surface area contributed by atoms with Crippen LogP contribution in [0.1, 0.15) is 42.4 Å². The van der Waals surface area contributed by atoms with E-state index in [0.29, 0.717) is 41.9 Å². The Morgan fingerprint density at radius 2 is 1.61 bits per heavy atom. The van der Waals surface area contributed by atoms with E-state index in [-0.39, 0.29) is 13.0 Å². The Morgan fingerprint density at radius 3 is 2.32 bits per heavy atom. The fraction of sp³-hybridized carbons (Fsp3) is 0.250. The quantitative estimate of drug-likeness (QED) is 0.107. The van der Waals surface area contributed by atoms with Crippen LogP contribution in [0.5, 0.6) is 11.5 Å². The summed E-state index contributed by atoms with van der Waals surface area (Å²) in [5, 5.41) is 20.4. The zero-order valence-corrected chi connectivity index (χ0v) is 23.9. The Morgan fingerprint density at radius 1 is 0.854 bits per heavy atom. The molecule has 0 aliphatic rings. The highest BCUT2D eigenvalue weighted by Gasteiger charge is 2.13. The number of aliphatic carboxylic acids is 2. The summed E-state index contributed by atoms with van der Waals surface area (Å²) in [5.41, 5.74) is 3.62. The number of para-hydroxylation sites is 1. The molecule has 4 rings (SSSR count). The van der Waals surface area contributed by atoms with Gasteiger partial charge >= 0.3 is 11.9 Å². The van der Waals surface area contributed by atoms with E-state index < -0.39 is 11.9 Å². The van der Waals surface area contributed by atoms with Gasteiger partial charge in [-0.3, -0.25) is 9.59 Å². The summed E-state index contributed by atoms with van der Waals surface area (Å²) >= 11 is 12.0. The normalized spacial score (nSPS) is 11.3. The number of carboxylic acids is 2. The zero-order chi connectivity index (χ0) is 29.2. The topological polar surface area (TPSA) is 98.0 Å². The summed E-state index contributed by atoms with van der Waals surface area (Å²) in [6, 6.07) is 18.7. The van der Waals surface area contributed by atoms with Gasteiger partial charge in [-0.1, -0.05) is 65.7 Å². The van der Waals surface area contributed by atoms with Gasteiger partial charge in [0.05, 0.1) is 23.8 Å². The van der Waals surface area contributed by atoms with Crippen LogP contribution in [0.15, 0.2) is 66.9 Å². The van der Waals surface area contributed by atoms with Crippen LogP contribution in [0, 0.1) is 0 Å². The highest BCUT2D eigenvalue weighted by atomic mass is 35.5. The van der Waals surface area contributed by atoms with Gasteiger partial charge in [0, 0.05) is 23.0 Å². The van der Waals surface area contributed by atoms with Crippen molar-refractivity contribution in [3.8, 4) is 11.5 Å². The third-order valence-corrected chi connectivity index (χ3v) is 6.98. The Bertz CT molecular complexity index is 1530. The van der Waals surface area contributed by atoms with E-state index in [4.69, 9.17) is 37.8 Å². The molecule has 41 heavy (non-hydrogen) atoms. The fourth-order valence-electron chi connectivity index (χ4n) is 4.53. The van der Waals surface area contributed by atoms with Crippen molar-refractivity contribution in [2.75, 3.05) is 13.2 Å². The van der Waals surface area contributed by atoms with Gasteiger partial charge in [0.25, 0.3) is 0 Å². The van der Waals surface area contributed by atoms with Gasteiger partial charge < -0.3 is 24.3 Å². The van der Waals surface area contributed by atoms with Crippen molar-refractivity contribution in [2.45, 2.75) is 38.6 Å². The number of ether oxygens (including phenoxy) is 2. The molecule has 0 amide bonds. The molecular weight excluding hydrogens is 565 g/mol. The molecule has 0 spiro atoms. The first-order chi connectivity index (χ1) is 19.8. The molecular formula is C32H31Cl2NO6. The van der Waals surface area contributed by atoms with Crippen molar-refractivity contribution >= 4 is 58.2 Å². The number of fused-ring (bicyclic) bond motifs is 1. The SMILES string of the molecule is O=C(O)CCCc1cn(CC(=O)O)c2c(/C=C/c3ccc(OCCCCOc4ccc(Cl)cc4Cl)cc3)cccc12. The van der Waals surface area contributed by atoms with Gasteiger partial charge in [-0.2, -0.15) is 0 Å². The van der Waals surface area contributed by atoms with Crippen LogP contribution in [-0.4, -0.2) is 39.9 Å². The number of nitrogens with zero attached hydrogens (tertiary/aromatic N) is 1. The minimum atomic E-state index is -0.938. The van der Waals surface area contributed by atoms with Crippen LogP contribution < -0.4 is 9.47 Å². The smallest absolute Gasteiger partial charge is 0.323 e. The number of benzene rings is 3. The third kappa shape index (κ3) is 8.77. The lowest BCUT2D eigenvalue weighted by Crippen LogP contribution is -2.07. The Kier molecular flexibility index (Phi) is 10.7. The van der Waals surface area contributed by atoms with Crippen molar-refractivity contribution in [3.05, 3.63) is 93.6 Å². The second-order valence-corrected chi connectivity index (χ2v) is 10.4. The highest BCUT2D eigenvalue weighted by Crippen LogP contribution is 2.29. The van der Waals surface area contributed by atoms with Crippen LogP contribution in [-0.2, 0) is 22.6 Å². The van der Waals surface area contributed by atoms with Crippen LogP contribution in [0.25, 0.3) is 23.1 Å². The molecule has 3 aromatic carbocycles. The second kappa shape index (κ2) is 14.6. The second-order valence-electron chi connectivity index (χ2n) is 9.55. The molecule has 0 saturated carbocycles. The van der Waals surface area contributed by atoms with Crippen molar-refractivity contribution in [1.82, 2.24) is 4.57 Å². The molecule has 214 valence electrons. The molecule has 4 aromatic rings. The Balaban J connectivity index is 1.33. The fourth-order valence-corrected chi connectivity index (χ4v) is 4.99. The van der Waals surface area contributed by atoms with E-state index in [1.165, 1.54) is 0 Å². The maximum absolute atomic E-state index is 11.5. The number of rotatable bonds is 15. The van der Waals surface area contributed by atoms with Crippen LogP contribution in [0.4, 0.5) is 0 Å². The lowest BCUT2D eigenvalue weighted by Gasteiger charge is -2.09. The predicted octanol–water partition coefficient (Wildman–Crippen LogP) is 7.85. The molecule has 7 nitrogen and oxygen atoms in total. The number of hydrogen-bond donors (Lipinski definition) is 2. The maximum atomic E-state index is 11.5. The molecule has 0 fully saturated rings. The Hall–Kier alpha value is -3.94. The first kappa shape index (κ1) is 30.0. The molecule has 9 heteroatoms. The lowest BCUT2D eigenvalue weighted by atomic mass is 10.0. The summed E-state index contributed by atoms with van der Waals surface area (Å²) in [6.45, 7) is 0.915. The molecule has 0 aliphatic carbocycles. The van der Waals surface area contributed by atoms with Crippen molar-refractivity contribution in [3.63, 3.8) is 0 Å². The first-order valence-electron chi connectivity index (χ1n) is 13.3. The van der Waals surface area contributed by atoms with Crippen LogP contribution in [0.3, 0.4) is 0 Å². The summed E-state index contributed by atoms with van der Waals surface area (Å²) in [4.78, 5) is 22.5. The molecule has 0 aliphatic heterocycles. The third-order valence-electron chi connectivity index (χ3n) is 6.45. The summed E-state index contributed by atoms with van der Waals surface area (Å²) in [6.07, 6.45) is 8.52. The van der Waals surface area contributed by atoms with E-state index in [1.807, 2.05) is 60.8 Å². The summed E-state index contributed by atoms with van der Waals surface area (Å²) in [7, 11) is 0. The monoisotopic (exact) mass is 595 g/mol. The lowest BCUT2D eigenvalue weighted by molar-refractivity contribution is -0.138. The summed E-state index contributed by atoms with van der Waals surface area (Å²) < 4.78 is 13.3. The summed E-state index contributed by atoms with van der Waals surface area (Å²) in [5.74, 6) is -0.396. The van der Waals surface area contributed by atoms with E-state index in [0.717, 1.165) is 46.2 Å². The van der Waals surface area contributed by atoms with Crippen molar-refractivity contribution in [2.24, 2.45) is 0 Å². The van der Waals surface area contributed by atoms with E-state index in [1.54, 1.807) is 22.8 Å². The highest BCUT2D eigenvalue weighted by molar-refractivity contribution is 6.35. The zero-order valence-electron chi connectivity index (χ0n) is 22.4. The average molecular weight is 597 g/mol. The van der Waals surface area contributed by atoms with E-state index in [9.17, 15) is 14.7 Å². The first-order valence-corrected chi connectivity index (χ1v) is 14.1. The van der Waals surface area contributed by atoms with Gasteiger partial charge in [0.1, 0.15) is 18.0 Å². The predicted molar refractivity (Wildman–Crippen MR) is 162 cm³/mol. The molecule has 2 N–H and O–H groups in total. The van der Waals surface area contributed by atoms with Gasteiger partial charge in [-0.15, -0.1) is 0 Å². The number of hydrogen-bond acceptors (Lipinski definition) is 4. The number of carbonyl (C=O) groups is 2. The number of carboxylic acid groups (broad SMARTS) is 2. The van der Waals surface area contributed by atoms with Crippen molar-refractivity contribution in [1.29, 1.82) is 0 Å².